The minimum Gasteiger partial charge on any atom is -0.319 e. The van der Waals surface area contributed by atoms with E-state index in [-0.39, 0.29) is 17.6 Å². The molecule has 2 aliphatic rings. The quantitative estimate of drug-likeness (QED) is 0.744. The van der Waals surface area contributed by atoms with E-state index < -0.39 is 10.0 Å². The highest BCUT2D eigenvalue weighted by molar-refractivity contribution is 7.89. The smallest absolute Gasteiger partial charge is 0.255 e. The number of nitrogens with one attached hydrogen (secondary N) is 2. The lowest BCUT2D eigenvalue weighted by Gasteiger charge is -2.31. The summed E-state index contributed by atoms with van der Waals surface area (Å²) < 4.78 is 27.0. The zero-order valence-electron chi connectivity index (χ0n) is 15.8. The summed E-state index contributed by atoms with van der Waals surface area (Å²) in [5.74, 6) is 0.638. The van der Waals surface area contributed by atoms with Crippen molar-refractivity contribution in [2.45, 2.75) is 38.0 Å². The van der Waals surface area contributed by atoms with Crippen LogP contribution < -0.4 is 5.32 Å². The van der Waals surface area contributed by atoms with Gasteiger partial charge in [0.05, 0.1) is 23.3 Å². The summed E-state index contributed by atoms with van der Waals surface area (Å²) in [6.07, 6.45) is 6.36. The van der Waals surface area contributed by atoms with E-state index in [1.807, 2.05) is 18.2 Å². The Bertz CT molecular complexity index is 922. The predicted octanol–water partition coefficient (Wildman–Crippen LogP) is 2.97. The number of hydrogen-bond donors (Lipinski definition) is 2. The summed E-state index contributed by atoms with van der Waals surface area (Å²) in [4.78, 5) is 12.5. The van der Waals surface area contributed by atoms with Crippen molar-refractivity contribution in [3.8, 4) is 0 Å². The van der Waals surface area contributed by atoms with Crippen molar-refractivity contribution in [1.29, 1.82) is 0 Å². The number of hydrogen-bond acceptors (Lipinski definition) is 4. The molecule has 1 saturated carbocycles. The molecule has 2 heterocycles. The molecular formula is C20H26N4O3S. The Balaban J connectivity index is 1.44. The molecule has 2 aromatic rings. The second-order valence-electron chi connectivity index (χ2n) is 7.76. The lowest BCUT2D eigenvalue weighted by Crippen LogP contribution is -2.40. The molecule has 2 N–H and O–H groups in total. The number of aromatic amines is 1. The van der Waals surface area contributed by atoms with Gasteiger partial charge in [-0.25, -0.2) is 12.7 Å². The van der Waals surface area contributed by atoms with Crippen LogP contribution in [0.1, 0.15) is 54.1 Å². The van der Waals surface area contributed by atoms with Crippen LogP contribution in [0.25, 0.3) is 0 Å². The topological polar surface area (TPSA) is 95.2 Å². The molecule has 0 bridgehead atoms. The number of anilines is 1. The first kappa shape index (κ1) is 19.1. The number of piperidine rings is 1. The van der Waals surface area contributed by atoms with Crippen LogP contribution >= 0.6 is 0 Å². The van der Waals surface area contributed by atoms with Gasteiger partial charge in [0.25, 0.3) is 5.91 Å². The first-order valence-corrected chi connectivity index (χ1v) is 11.5. The maximum Gasteiger partial charge on any atom is 0.255 e. The number of sulfonamides is 1. The van der Waals surface area contributed by atoms with Gasteiger partial charge in [0.1, 0.15) is 0 Å². The van der Waals surface area contributed by atoms with Crippen LogP contribution in [0.15, 0.2) is 36.5 Å². The van der Waals surface area contributed by atoms with Gasteiger partial charge in [-0.05, 0) is 37.3 Å². The monoisotopic (exact) mass is 402 g/mol. The Morgan fingerprint density at radius 3 is 2.75 bits per heavy atom. The highest BCUT2D eigenvalue weighted by Crippen LogP contribution is 2.35. The van der Waals surface area contributed by atoms with Gasteiger partial charge in [-0.2, -0.15) is 5.10 Å². The molecule has 0 unspecified atom stereocenters. The second kappa shape index (κ2) is 8.05. The third-order valence-electron chi connectivity index (χ3n) is 5.62. The van der Waals surface area contributed by atoms with Crippen LogP contribution in [0, 0.1) is 5.92 Å². The number of H-pyrrole nitrogens is 1. The van der Waals surface area contributed by atoms with E-state index in [0.717, 1.165) is 37.8 Å². The molecule has 1 saturated heterocycles. The Hall–Kier alpha value is -2.19. The van der Waals surface area contributed by atoms with Crippen LogP contribution in [0.4, 0.5) is 5.69 Å². The summed E-state index contributed by atoms with van der Waals surface area (Å²) in [6.45, 7) is 1.01. The summed E-state index contributed by atoms with van der Waals surface area (Å²) in [5.41, 5.74) is 1.99. The maximum atomic E-state index is 12.7. The molecule has 8 heteroatoms. The zero-order valence-corrected chi connectivity index (χ0v) is 16.6. The van der Waals surface area contributed by atoms with Gasteiger partial charge in [-0.15, -0.1) is 0 Å². The molecule has 7 nitrogen and oxygen atoms in total. The third-order valence-corrected chi connectivity index (χ3v) is 7.49. The molecule has 1 aliphatic carbocycles. The zero-order chi connectivity index (χ0) is 19.6. The van der Waals surface area contributed by atoms with E-state index in [4.69, 9.17) is 0 Å². The van der Waals surface area contributed by atoms with Crippen molar-refractivity contribution < 1.29 is 13.2 Å². The second-order valence-corrected chi connectivity index (χ2v) is 9.85. The molecule has 150 valence electrons. The van der Waals surface area contributed by atoms with Gasteiger partial charge >= 0.3 is 0 Å². The summed E-state index contributed by atoms with van der Waals surface area (Å²) in [6, 6.07) is 9.00. The minimum atomic E-state index is -3.23. The van der Waals surface area contributed by atoms with Gasteiger partial charge in [0.2, 0.25) is 10.0 Å². The Kier molecular flexibility index (Phi) is 5.50. The standard InChI is InChI=1S/C20H26N4O3S/c25-20(16-5-2-1-3-6-16)22-18-13-21-23-19(18)17-7-4-11-24(14-17)28(26,27)12-10-15-8-9-15/h1-3,5-6,13,15,17H,4,7-12,14H2,(H,21,23)(H,22,25)/t17-/m0/s1. The number of carbonyl (C=O) groups excluding carboxylic acids is 1. The molecule has 1 aromatic heterocycles. The molecule has 4 rings (SSSR count). The van der Waals surface area contributed by atoms with Crippen molar-refractivity contribution in [2.24, 2.45) is 5.92 Å². The fourth-order valence-electron chi connectivity index (χ4n) is 3.77. The van der Waals surface area contributed by atoms with Crippen LogP contribution in [0.5, 0.6) is 0 Å². The average Bonchev–Trinajstić information content (AvgIpc) is 3.44. The molecule has 1 aromatic carbocycles. The van der Waals surface area contributed by atoms with Crippen LogP contribution in [-0.2, 0) is 10.0 Å². The van der Waals surface area contributed by atoms with E-state index in [1.165, 1.54) is 0 Å². The number of amides is 1. The van der Waals surface area contributed by atoms with Crippen molar-refractivity contribution in [2.75, 3.05) is 24.2 Å². The van der Waals surface area contributed by atoms with Crippen molar-refractivity contribution in [3.05, 3.63) is 47.8 Å². The third kappa shape index (κ3) is 4.44. The number of benzene rings is 1. The molecule has 1 atom stereocenters. The Labute approximate surface area is 165 Å². The molecule has 0 spiro atoms. The number of aromatic nitrogens is 2. The van der Waals surface area contributed by atoms with E-state index in [1.54, 1.807) is 22.6 Å². The van der Waals surface area contributed by atoms with Crippen molar-refractivity contribution in [3.63, 3.8) is 0 Å². The predicted molar refractivity (Wildman–Crippen MR) is 108 cm³/mol. The molecule has 2 fully saturated rings. The van der Waals surface area contributed by atoms with E-state index in [9.17, 15) is 13.2 Å². The molecule has 0 radical (unpaired) electrons. The van der Waals surface area contributed by atoms with Crippen LogP contribution in [-0.4, -0.2) is 47.7 Å². The van der Waals surface area contributed by atoms with E-state index in [2.05, 4.69) is 15.5 Å². The highest BCUT2D eigenvalue weighted by Gasteiger charge is 2.33. The number of carbonyl (C=O) groups is 1. The highest BCUT2D eigenvalue weighted by atomic mass is 32.2. The normalized spacial score (nSPS) is 20.8. The first-order chi connectivity index (χ1) is 13.5. The average molecular weight is 403 g/mol. The molecular weight excluding hydrogens is 376 g/mol. The lowest BCUT2D eigenvalue weighted by molar-refractivity contribution is 0.102. The largest absolute Gasteiger partial charge is 0.319 e. The summed E-state index contributed by atoms with van der Waals surface area (Å²) in [5, 5.41) is 9.98. The van der Waals surface area contributed by atoms with Crippen LogP contribution in [0.3, 0.4) is 0 Å². The van der Waals surface area contributed by atoms with Gasteiger partial charge in [0.15, 0.2) is 0 Å². The first-order valence-electron chi connectivity index (χ1n) is 9.90. The number of nitrogens with zero attached hydrogens (tertiary/aromatic N) is 2. The van der Waals surface area contributed by atoms with Gasteiger partial charge in [-0.1, -0.05) is 31.0 Å². The van der Waals surface area contributed by atoms with E-state index in [0.29, 0.717) is 30.3 Å². The molecule has 28 heavy (non-hydrogen) atoms. The molecule has 1 amide bonds. The number of rotatable bonds is 7. The molecule has 1 aliphatic heterocycles. The Morgan fingerprint density at radius 2 is 2.00 bits per heavy atom. The van der Waals surface area contributed by atoms with Gasteiger partial charge < -0.3 is 5.32 Å². The summed E-state index contributed by atoms with van der Waals surface area (Å²) >= 11 is 0. The minimum absolute atomic E-state index is 0.00183. The maximum absolute atomic E-state index is 12.7. The van der Waals surface area contributed by atoms with Crippen molar-refractivity contribution in [1.82, 2.24) is 14.5 Å². The van der Waals surface area contributed by atoms with Crippen LogP contribution in [0.2, 0.25) is 0 Å². The SMILES string of the molecule is O=C(Nc1cn[nH]c1[C@H]1CCCN(S(=O)(=O)CCC2CC2)C1)c1ccccc1. The van der Waals surface area contributed by atoms with E-state index >= 15 is 0 Å². The fraction of sp³-hybridized carbons (Fsp3) is 0.500. The fourth-order valence-corrected chi connectivity index (χ4v) is 5.48. The lowest BCUT2D eigenvalue weighted by atomic mass is 9.95. The summed E-state index contributed by atoms with van der Waals surface area (Å²) in [7, 11) is -3.23. The van der Waals surface area contributed by atoms with Crippen molar-refractivity contribution >= 4 is 21.6 Å². The van der Waals surface area contributed by atoms with Gasteiger partial charge in [0, 0.05) is 24.6 Å². The van der Waals surface area contributed by atoms with Gasteiger partial charge in [-0.3, -0.25) is 9.89 Å². The Morgan fingerprint density at radius 1 is 1.21 bits per heavy atom.